The van der Waals surface area contributed by atoms with Gasteiger partial charge in [-0.05, 0) is 30.5 Å². The second kappa shape index (κ2) is 4.75. The lowest BCUT2D eigenvalue weighted by Gasteiger charge is -2.14. The van der Waals surface area contributed by atoms with E-state index in [9.17, 15) is 0 Å². The van der Waals surface area contributed by atoms with E-state index in [2.05, 4.69) is 15.9 Å². The third-order valence-electron chi connectivity index (χ3n) is 2.77. The Hall–Kier alpha value is -0.210. The van der Waals surface area contributed by atoms with Crippen molar-refractivity contribution in [2.75, 3.05) is 7.11 Å². The van der Waals surface area contributed by atoms with E-state index in [-0.39, 0.29) is 0 Å². The van der Waals surface area contributed by atoms with E-state index in [0.29, 0.717) is 4.83 Å². The lowest BCUT2D eigenvalue weighted by Crippen LogP contribution is -1.96. The van der Waals surface area contributed by atoms with Crippen LogP contribution in [0.5, 0.6) is 5.75 Å². The fraction of sp³-hybridized carbons (Fsp3) is 0.500. The third kappa shape index (κ3) is 2.88. The van der Waals surface area contributed by atoms with Gasteiger partial charge in [-0.1, -0.05) is 40.4 Å². The lowest BCUT2D eigenvalue weighted by atomic mass is 10.1. The summed E-state index contributed by atoms with van der Waals surface area (Å²) in [5.41, 5.74) is 1.16. The van der Waals surface area contributed by atoms with Crippen LogP contribution in [0.1, 0.15) is 29.7 Å². The van der Waals surface area contributed by atoms with Crippen molar-refractivity contribution in [2.45, 2.75) is 24.1 Å². The van der Waals surface area contributed by atoms with Gasteiger partial charge >= 0.3 is 0 Å². The van der Waals surface area contributed by atoms with Gasteiger partial charge in [0.15, 0.2) is 0 Å². The zero-order valence-corrected chi connectivity index (χ0v) is 11.0. The maximum absolute atomic E-state index is 5.99. The highest BCUT2D eigenvalue weighted by Gasteiger charge is 2.26. The first kappa shape index (κ1) is 11.3. The molecule has 1 atom stereocenters. The van der Waals surface area contributed by atoms with Gasteiger partial charge in [-0.2, -0.15) is 0 Å². The van der Waals surface area contributed by atoms with Gasteiger partial charge in [0.1, 0.15) is 5.75 Å². The molecule has 1 fully saturated rings. The molecule has 15 heavy (non-hydrogen) atoms. The van der Waals surface area contributed by atoms with Crippen LogP contribution in [0.15, 0.2) is 18.2 Å². The monoisotopic (exact) mass is 288 g/mol. The molecule has 1 aromatic rings. The molecule has 1 saturated carbocycles. The SMILES string of the molecule is COc1ccc(Cl)cc1C(Br)CC1CC1. The summed E-state index contributed by atoms with van der Waals surface area (Å²) in [5.74, 6) is 1.81. The highest BCUT2D eigenvalue weighted by Crippen LogP contribution is 2.44. The quantitative estimate of drug-likeness (QED) is 0.737. The van der Waals surface area contributed by atoms with Crippen molar-refractivity contribution in [3.05, 3.63) is 28.8 Å². The number of methoxy groups -OCH3 is 1. The van der Waals surface area contributed by atoms with Crippen LogP contribution in [0.2, 0.25) is 5.02 Å². The molecule has 1 aliphatic carbocycles. The maximum atomic E-state index is 5.99. The molecule has 3 heteroatoms. The van der Waals surface area contributed by atoms with Gasteiger partial charge in [0.25, 0.3) is 0 Å². The predicted octanol–water partition coefficient (Wildman–Crippen LogP) is 4.58. The molecule has 0 spiro atoms. The number of hydrogen-bond donors (Lipinski definition) is 0. The molecular formula is C12H14BrClO. The highest BCUT2D eigenvalue weighted by atomic mass is 79.9. The van der Waals surface area contributed by atoms with E-state index in [1.54, 1.807) is 7.11 Å². The fourth-order valence-electron chi connectivity index (χ4n) is 1.72. The molecule has 0 N–H and O–H groups in total. The normalized spacial score (nSPS) is 17.5. The first-order valence-electron chi connectivity index (χ1n) is 5.18. The number of ether oxygens (including phenoxy) is 1. The Kier molecular flexibility index (Phi) is 3.57. The van der Waals surface area contributed by atoms with Crippen molar-refractivity contribution < 1.29 is 4.74 Å². The number of rotatable bonds is 4. The molecule has 1 aliphatic rings. The lowest BCUT2D eigenvalue weighted by molar-refractivity contribution is 0.408. The van der Waals surface area contributed by atoms with E-state index in [1.165, 1.54) is 19.3 Å². The molecule has 0 aliphatic heterocycles. The van der Waals surface area contributed by atoms with Crippen LogP contribution in [0.4, 0.5) is 0 Å². The summed E-state index contributed by atoms with van der Waals surface area (Å²) >= 11 is 9.71. The Morgan fingerprint density at radius 3 is 2.87 bits per heavy atom. The van der Waals surface area contributed by atoms with Crippen molar-refractivity contribution in [3.63, 3.8) is 0 Å². The van der Waals surface area contributed by atoms with Gasteiger partial charge in [0, 0.05) is 15.4 Å². The van der Waals surface area contributed by atoms with Gasteiger partial charge in [-0.3, -0.25) is 0 Å². The molecule has 1 nitrogen and oxygen atoms in total. The summed E-state index contributed by atoms with van der Waals surface area (Å²) in [5, 5.41) is 0.769. The van der Waals surface area contributed by atoms with Crippen molar-refractivity contribution >= 4 is 27.5 Å². The fourth-order valence-corrected chi connectivity index (χ4v) is 2.79. The van der Waals surface area contributed by atoms with E-state index < -0.39 is 0 Å². The smallest absolute Gasteiger partial charge is 0.123 e. The van der Waals surface area contributed by atoms with Crippen LogP contribution in [0.3, 0.4) is 0 Å². The van der Waals surface area contributed by atoms with Crippen molar-refractivity contribution in [1.29, 1.82) is 0 Å². The van der Waals surface area contributed by atoms with Crippen molar-refractivity contribution in [2.24, 2.45) is 5.92 Å². The molecule has 82 valence electrons. The van der Waals surface area contributed by atoms with Gasteiger partial charge in [-0.25, -0.2) is 0 Å². The first-order valence-corrected chi connectivity index (χ1v) is 6.47. The molecule has 0 amide bonds. The second-order valence-electron chi connectivity index (χ2n) is 4.03. The molecule has 1 unspecified atom stereocenters. The predicted molar refractivity (Wildman–Crippen MR) is 67.0 cm³/mol. The second-order valence-corrected chi connectivity index (χ2v) is 5.57. The molecule has 0 bridgehead atoms. The minimum Gasteiger partial charge on any atom is -0.496 e. The van der Waals surface area contributed by atoms with Gasteiger partial charge in [0.2, 0.25) is 0 Å². The van der Waals surface area contributed by atoms with Crippen molar-refractivity contribution in [3.8, 4) is 5.75 Å². The summed E-state index contributed by atoms with van der Waals surface area (Å²) in [6, 6.07) is 5.78. The van der Waals surface area contributed by atoms with Crippen LogP contribution in [0, 0.1) is 5.92 Å². The minimum absolute atomic E-state index is 0.360. The molecule has 2 rings (SSSR count). The molecule has 1 aromatic carbocycles. The van der Waals surface area contributed by atoms with Gasteiger partial charge in [-0.15, -0.1) is 0 Å². The maximum Gasteiger partial charge on any atom is 0.123 e. The Balaban J connectivity index is 2.18. The Morgan fingerprint density at radius 2 is 2.27 bits per heavy atom. The van der Waals surface area contributed by atoms with E-state index in [0.717, 1.165) is 22.3 Å². The van der Waals surface area contributed by atoms with Crippen molar-refractivity contribution in [1.82, 2.24) is 0 Å². The van der Waals surface area contributed by atoms with Gasteiger partial charge < -0.3 is 4.74 Å². The number of halogens is 2. The zero-order valence-electron chi connectivity index (χ0n) is 8.67. The number of alkyl halides is 1. The van der Waals surface area contributed by atoms with Crippen LogP contribution in [-0.4, -0.2) is 7.11 Å². The Bertz CT molecular complexity index is 349. The third-order valence-corrected chi connectivity index (χ3v) is 3.87. The Labute approximate surface area is 104 Å². The number of benzene rings is 1. The average Bonchev–Trinajstić information content (AvgIpc) is 3.01. The van der Waals surface area contributed by atoms with Crippen LogP contribution < -0.4 is 4.74 Å². The summed E-state index contributed by atoms with van der Waals surface area (Å²) in [6.45, 7) is 0. The summed E-state index contributed by atoms with van der Waals surface area (Å²) < 4.78 is 5.33. The molecule has 0 aromatic heterocycles. The summed E-state index contributed by atoms with van der Waals surface area (Å²) in [4.78, 5) is 0.360. The van der Waals surface area contributed by atoms with E-state index in [1.807, 2.05) is 18.2 Å². The standard InChI is InChI=1S/C12H14BrClO/c1-15-12-5-4-9(14)7-10(12)11(13)6-8-2-3-8/h4-5,7-8,11H,2-3,6H2,1H3. The molecular weight excluding hydrogens is 275 g/mol. The topological polar surface area (TPSA) is 9.23 Å². The highest BCUT2D eigenvalue weighted by molar-refractivity contribution is 9.09. The summed E-state index contributed by atoms with van der Waals surface area (Å²) in [7, 11) is 1.70. The Morgan fingerprint density at radius 1 is 1.53 bits per heavy atom. The van der Waals surface area contributed by atoms with Crippen LogP contribution >= 0.6 is 27.5 Å². The zero-order chi connectivity index (χ0) is 10.8. The molecule has 0 saturated heterocycles. The molecule has 0 heterocycles. The van der Waals surface area contributed by atoms with E-state index in [4.69, 9.17) is 16.3 Å². The number of hydrogen-bond acceptors (Lipinski definition) is 1. The average molecular weight is 290 g/mol. The van der Waals surface area contributed by atoms with Gasteiger partial charge in [0.05, 0.1) is 7.11 Å². The van der Waals surface area contributed by atoms with E-state index >= 15 is 0 Å². The minimum atomic E-state index is 0.360. The first-order chi connectivity index (χ1) is 7.20. The van der Waals surface area contributed by atoms with Crippen LogP contribution in [-0.2, 0) is 0 Å². The van der Waals surface area contributed by atoms with Crippen LogP contribution in [0.25, 0.3) is 0 Å². The molecule has 0 radical (unpaired) electrons. The largest absolute Gasteiger partial charge is 0.496 e. The summed E-state index contributed by atoms with van der Waals surface area (Å²) in [6.07, 6.45) is 3.91.